The Morgan fingerprint density at radius 2 is 1.88 bits per heavy atom. The summed E-state index contributed by atoms with van der Waals surface area (Å²) in [7, 11) is 1.32. The average Bonchev–Trinajstić information content (AvgIpc) is 2.28. The van der Waals surface area contributed by atoms with Crippen molar-refractivity contribution in [3.63, 3.8) is 0 Å². The summed E-state index contributed by atoms with van der Waals surface area (Å²) in [6, 6.07) is 0. The Morgan fingerprint density at radius 3 is 2.31 bits per heavy atom. The summed E-state index contributed by atoms with van der Waals surface area (Å²) in [5.41, 5.74) is -0.860. The number of esters is 1. The summed E-state index contributed by atoms with van der Waals surface area (Å²) in [6.07, 6.45) is 5.07. The molecule has 0 aromatic heterocycles. The number of rotatable bonds is 4. The van der Waals surface area contributed by atoms with Gasteiger partial charge in [0.15, 0.2) is 0 Å². The molecule has 0 aromatic rings. The molecule has 0 saturated heterocycles. The van der Waals surface area contributed by atoms with Crippen LogP contribution in [0.5, 0.6) is 0 Å². The summed E-state index contributed by atoms with van der Waals surface area (Å²) < 4.78 is 4.77. The van der Waals surface area contributed by atoms with Crippen molar-refractivity contribution in [3.8, 4) is 0 Å². The molecule has 0 aliphatic heterocycles. The van der Waals surface area contributed by atoms with Crippen LogP contribution in [0.3, 0.4) is 0 Å². The second-order valence-corrected chi connectivity index (χ2v) is 4.81. The molecule has 1 unspecified atom stereocenters. The van der Waals surface area contributed by atoms with E-state index in [4.69, 9.17) is 9.84 Å². The molecule has 0 amide bonds. The highest BCUT2D eigenvalue weighted by molar-refractivity contribution is 5.82. The van der Waals surface area contributed by atoms with E-state index in [1.165, 1.54) is 13.5 Å². The maximum atomic E-state index is 11.8. The van der Waals surface area contributed by atoms with Crippen LogP contribution in [0.2, 0.25) is 0 Å². The van der Waals surface area contributed by atoms with Gasteiger partial charge >= 0.3 is 11.9 Å². The van der Waals surface area contributed by atoms with Crippen molar-refractivity contribution in [2.75, 3.05) is 7.11 Å². The van der Waals surface area contributed by atoms with Crippen molar-refractivity contribution < 1.29 is 19.4 Å². The van der Waals surface area contributed by atoms with E-state index in [1.54, 1.807) is 6.92 Å². The average molecular weight is 228 g/mol. The van der Waals surface area contributed by atoms with Crippen LogP contribution < -0.4 is 0 Å². The van der Waals surface area contributed by atoms with Crippen molar-refractivity contribution in [1.82, 2.24) is 0 Å². The molecule has 1 aliphatic rings. The first-order chi connectivity index (χ1) is 7.50. The van der Waals surface area contributed by atoms with E-state index in [0.717, 1.165) is 25.7 Å². The molecule has 1 saturated carbocycles. The Labute approximate surface area is 96.0 Å². The van der Waals surface area contributed by atoms with Gasteiger partial charge in [-0.25, -0.2) is 0 Å². The predicted molar refractivity (Wildman–Crippen MR) is 59.0 cm³/mol. The standard InChI is InChI=1S/C12H20O4/c1-12(8-10(13)14,11(15)16-2)9-6-4-3-5-7-9/h9H,3-8H2,1-2H3,(H,13,14). The normalized spacial score (nSPS) is 21.1. The van der Waals surface area contributed by atoms with Gasteiger partial charge in [0.2, 0.25) is 0 Å². The van der Waals surface area contributed by atoms with Crippen LogP contribution in [0.15, 0.2) is 0 Å². The van der Waals surface area contributed by atoms with Crippen molar-refractivity contribution >= 4 is 11.9 Å². The number of carbonyl (C=O) groups excluding carboxylic acids is 1. The second-order valence-electron chi connectivity index (χ2n) is 4.81. The zero-order valence-electron chi connectivity index (χ0n) is 9.99. The minimum Gasteiger partial charge on any atom is -0.481 e. The first-order valence-electron chi connectivity index (χ1n) is 5.81. The number of carbonyl (C=O) groups is 2. The van der Waals surface area contributed by atoms with Gasteiger partial charge in [0, 0.05) is 0 Å². The minimum atomic E-state index is -0.932. The fourth-order valence-corrected chi connectivity index (χ4v) is 2.67. The number of carboxylic acid groups (broad SMARTS) is 1. The summed E-state index contributed by atoms with van der Waals surface area (Å²) in [4.78, 5) is 22.7. The Balaban J connectivity index is 2.83. The fourth-order valence-electron chi connectivity index (χ4n) is 2.67. The minimum absolute atomic E-state index is 0.135. The van der Waals surface area contributed by atoms with Crippen LogP contribution in [-0.2, 0) is 14.3 Å². The molecule has 16 heavy (non-hydrogen) atoms. The highest BCUT2D eigenvalue weighted by atomic mass is 16.5. The van der Waals surface area contributed by atoms with Gasteiger partial charge < -0.3 is 9.84 Å². The Hall–Kier alpha value is -1.06. The zero-order valence-corrected chi connectivity index (χ0v) is 9.99. The number of hydrogen-bond acceptors (Lipinski definition) is 3. The number of carboxylic acids is 1. The Morgan fingerprint density at radius 1 is 1.31 bits per heavy atom. The molecule has 92 valence electrons. The maximum Gasteiger partial charge on any atom is 0.312 e. The molecular weight excluding hydrogens is 208 g/mol. The smallest absolute Gasteiger partial charge is 0.312 e. The predicted octanol–water partition coefficient (Wildman–Crippen LogP) is 2.22. The largest absolute Gasteiger partial charge is 0.481 e. The van der Waals surface area contributed by atoms with Crippen LogP contribution in [0, 0.1) is 11.3 Å². The highest BCUT2D eigenvalue weighted by Crippen LogP contribution is 2.41. The van der Waals surface area contributed by atoms with Crippen LogP contribution >= 0.6 is 0 Å². The van der Waals surface area contributed by atoms with Gasteiger partial charge in [-0.05, 0) is 25.7 Å². The van der Waals surface area contributed by atoms with Crippen LogP contribution in [-0.4, -0.2) is 24.2 Å². The monoisotopic (exact) mass is 228 g/mol. The molecule has 1 N–H and O–H groups in total. The molecule has 4 nitrogen and oxygen atoms in total. The summed E-state index contributed by atoms with van der Waals surface area (Å²) in [6.45, 7) is 1.73. The van der Waals surface area contributed by atoms with Gasteiger partial charge in [-0.2, -0.15) is 0 Å². The fraction of sp³-hybridized carbons (Fsp3) is 0.833. The van der Waals surface area contributed by atoms with Gasteiger partial charge in [0.05, 0.1) is 18.9 Å². The third-order valence-electron chi connectivity index (χ3n) is 3.68. The van der Waals surface area contributed by atoms with Crippen molar-refractivity contribution in [3.05, 3.63) is 0 Å². The molecule has 0 heterocycles. The molecule has 4 heteroatoms. The molecule has 0 bridgehead atoms. The van der Waals surface area contributed by atoms with Gasteiger partial charge in [0.1, 0.15) is 0 Å². The number of hydrogen-bond donors (Lipinski definition) is 1. The first-order valence-corrected chi connectivity index (χ1v) is 5.81. The lowest BCUT2D eigenvalue weighted by Gasteiger charge is -2.36. The quantitative estimate of drug-likeness (QED) is 0.749. The van der Waals surface area contributed by atoms with Gasteiger partial charge in [-0.1, -0.05) is 19.3 Å². The van der Waals surface area contributed by atoms with Gasteiger partial charge in [-0.3, -0.25) is 9.59 Å². The van der Waals surface area contributed by atoms with Crippen molar-refractivity contribution in [1.29, 1.82) is 0 Å². The maximum absolute atomic E-state index is 11.8. The molecule has 1 aliphatic carbocycles. The van der Waals surface area contributed by atoms with Crippen LogP contribution in [0.25, 0.3) is 0 Å². The van der Waals surface area contributed by atoms with Crippen LogP contribution in [0.4, 0.5) is 0 Å². The Bertz CT molecular complexity index is 268. The molecule has 0 radical (unpaired) electrons. The second kappa shape index (κ2) is 5.32. The number of methoxy groups -OCH3 is 1. The first kappa shape index (κ1) is 13.0. The third kappa shape index (κ3) is 2.74. The van der Waals surface area contributed by atoms with E-state index in [0.29, 0.717) is 0 Å². The molecule has 1 fully saturated rings. The molecule has 0 aromatic carbocycles. The summed E-state index contributed by atoms with van der Waals surface area (Å²) >= 11 is 0. The lowest BCUT2D eigenvalue weighted by molar-refractivity contribution is -0.162. The lowest BCUT2D eigenvalue weighted by Crippen LogP contribution is -2.40. The molecular formula is C12H20O4. The van der Waals surface area contributed by atoms with Crippen molar-refractivity contribution in [2.45, 2.75) is 45.4 Å². The molecule has 0 spiro atoms. The SMILES string of the molecule is COC(=O)C(C)(CC(=O)O)C1CCCCC1. The van der Waals surface area contributed by atoms with E-state index in [1.807, 2.05) is 0 Å². The molecule has 1 rings (SSSR count). The number of ether oxygens (including phenoxy) is 1. The van der Waals surface area contributed by atoms with E-state index >= 15 is 0 Å². The van der Waals surface area contributed by atoms with E-state index in [-0.39, 0.29) is 18.3 Å². The van der Waals surface area contributed by atoms with E-state index in [9.17, 15) is 9.59 Å². The Kier molecular flexibility index (Phi) is 4.33. The van der Waals surface area contributed by atoms with Crippen LogP contribution in [0.1, 0.15) is 45.4 Å². The summed E-state index contributed by atoms with van der Waals surface area (Å²) in [5, 5.41) is 8.92. The zero-order chi connectivity index (χ0) is 12.2. The van der Waals surface area contributed by atoms with Gasteiger partial charge in [-0.15, -0.1) is 0 Å². The van der Waals surface area contributed by atoms with E-state index in [2.05, 4.69) is 0 Å². The highest BCUT2D eigenvalue weighted by Gasteiger charge is 2.44. The summed E-state index contributed by atoms with van der Waals surface area (Å²) in [5.74, 6) is -1.18. The van der Waals surface area contributed by atoms with Gasteiger partial charge in [0.25, 0.3) is 0 Å². The van der Waals surface area contributed by atoms with Crippen molar-refractivity contribution in [2.24, 2.45) is 11.3 Å². The third-order valence-corrected chi connectivity index (χ3v) is 3.68. The number of aliphatic carboxylic acids is 1. The van der Waals surface area contributed by atoms with E-state index < -0.39 is 11.4 Å². The topological polar surface area (TPSA) is 63.6 Å². The molecule has 1 atom stereocenters. The lowest BCUT2D eigenvalue weighted by atomic mass is 9.68.